The van der Waals surface area contributed by atoms with E-state index in [0.29, 0.717) is 13.1 Å². The minimum absolute atomic E-state index is 0.0991. The molecule has 1 heterocycles. The van der Waals surface area contributed by atoms with Gasteiger partial charge in [0.1, 0.15) is 0 Å². The zero-order valence-corrected chi connectivity index (χ0v) is 11.2. The molecule has 1 aliphatic rings. The molecule has 1 saturated carbocycles. The third-order valence-electron chi connectivity index (χ3n) is 3.49. The van der Waals surface area contributed by atoms with Crippen molar-refractivity contribution in [3.8, 4) is 0 Å². The maximum Gasteiger partial charge on any atom is 0.227 e. The Kier molecular flexibility index (Phi) is 4.07. The van der Waals surface area contributed by atoms with Crippen LogP contribution in [0.1, 0.15) is 30.6 Å². The van der Waals surface area contributed by atoms with Gasteiger partial charge in [-0.2, -0.15) is 0 Å². The van der Waals surface area contributed by atoms with Crippen molar-refractivity contribution in [2.24, 2.45) is 11.1 Å². The highest BCUT2D eigenvalue weighted by Gasteiger charge is 2.39. The number of nitrogens with one attached hydrogen (secondary N) is 1. The van der Waals surface area contributed by atoms with E-state index in [1.54, 1.807) is 0 Å². The van der Waals surface area contributed by atoms with Gasteiger partial charge in [-0.1, -0.05) is 24.4 Å². The summed E-state index contributed by atoms with van der Waals surface area (Å²) in [5, 5.41) is 2.98. The molecule has 1 fully saturated rings. The van der Waals surface area contributed by atoms with Gasteiger partial charge in [0.15, 0.2) is 0 Å². The van der Waals surface area contributed by atoms with Gasteiger partial charge < -0.3 is 11.1 Å². The van der Waals surface area contributed by atoms with Crippen LogP contribution in [0.15, 0.2) is 12.1 Å². The van der Waals surface area contributed by atoms with E-state index < -0.39 is 0 Å². The topological polar surface area (TPSA) is 55.1 Å². The molecule has 17 heavy (non-hydrogen) atoms. The Bertz CT molecular complexity index is 399. The number of halogens is 1. The standard InChI is InChI=1S/C12H17ClN2OS/c13-10-4-3-9(17-10)7-15-11(16)12(8-14)5-1-2-6-12/h3-4H,1-2,5-8,14H2,(H,15,16). The molecule has 0 saturated heterocycles. The zero-order valence-electron chi connectivity index (χ0n) is 9.67. The smallest absolute Gasteiger partial charge is 0.227 e. The molecule has 0 bridgehead atoms. The molecule has 1 aromatic rings. The molecule has 3 N–H and O–H groups in total. The molecular weight excluding hydrogens is 256 g/mol. The number of carbonyl (C=O) groups excluding carboxylic acids is 1. The normalized spacial score (nSPS) is 18.2. The summed E-state index contributed by atoms with van der Waals surface area (Å²) in [5.41, 5.74) is 5.45. The van der Waals surface area contributed by atoms with E-state index in [4.69, 9.17) is 17.3 Å². The van der Waals surface area contributed by atoms with Gasteiger partial charge in [0, 0.05) is 11.4 Å². The molecular formula is C12H17ClN2OS. The molecule has 1 aliphatic carbocycles. The lowest BCUT2D eigenvalue weighted by atomic mass is 9.85. The van der Waals surface area contributed by atoms with Crippen LogP contribution in [0.2, 0.25) is 4.34 Å². The van der Waals surface area contributed by atoms with Crippen molar-refractivity contribution < 1.29 is 4.79 Å². The highest BCUT2D eigenvalue weighted by atomic mass is 35.5. The first-order chi connectivity index (χ1) is 8.16. The van der Waals surface area contributed by atoms with E-state index in [1.165, 1.54) is 11.3 Å². The Labute approximate surface area is 110 Å². The minimum atomic E-state index is -0.318. The van der Waals surface area contributed by atoms with E-state index in [9.17, 15) is 4.79 Å². The Morgan fingerprint density at radius 2 is 2.18 bits per heavy atom. The van der Waals surface area contributed by atoms with Crippen molar-refractivity contribution >= 4 is 28.8 Å². The predicted molar refractivity (Wildman–Crippen MR) is 71.1 cm³/mol. The van der Waals surface area contributed by atoms with Gasteiger partial charge >= 0.3 is 0 Å². The van der Waals surface area contributed by atoms with Gasteiger partial charge in [0.05, 0.1) is 16.3 Å². The highest BCUT2D eigenvalue weighted by molar-refractivity contribution is 7.16. The second-order valence-electron chi connectivity index (χ2n) is 4.58. The summed E-state index contributed by atoms with van der Waals surface area (Å²) < 4.78 is 0.753. The van der Waals surface area contributed by atoms with Crippen LogP contribution in [0, 0.1) is 5.41 Å². The maximum atomic E-state index is 12.2. The molecule has 3 nitrogen and oxygen atoms in total. The van der Waals surface area contributed by atoms with Gasteiger partial charge in [-0.25, -0.2) is 0 Å². The van der Waals surface area contributed by atoms with Gasteiger partial charge in [0.25, 0.3) is 0 Å². The number of thiophene rings is 1. The third-order valence-corrected chi connectivity index (χ3v) is 4.72. The Hall–Kier alpha value is -0.580. The summed E-state index contributed by atoms with van der Waals surface area (Å²) in [6, 6.07) is 3.79. The molecule has 1 aromatic heterocycles. The van der Waals surface area contributed by atoms with Gasteiger partial charge in [-0.15, -0.1) is 11.3 Å². The molecule has 0 atom stereocenters. The van der Waals surface area contributed by atoms with Gasteiger partial charge in [-0.3, -0.25) is 4.79 Å². The van der Waals surface area contributed by atoms with Crippen molar-refractivity contribution in [1.29, 1.82) is 0 Å². The Morgan fingerprint density at radius 1 is 1.47 bits per heavy atom. The van der Waals surface area contributed by atoms with Crippen molar-refractivity contribution in [3.05, 3.63) is 21.3 Å². The molecule has 0 unspecified atom stereocenters. The van der Waals surface area contributed by atoms with E-state index in [-0.39, 0.29) is 11.3 Å². The van der Waals surface area contributed by atoms with Crippen LogP contribution in [0.3, 0.4) is 0 Å². The van der Waals surface area contributed by atoms with Crippen LogP contribution < -0.4 is 11.1 Å². The largest absolute Gasteiger partial charge is 0.351 e. The first-order valence-corrected chi connectivity index (χ1v) is 7.08. The first kappa shape index (κ1) is 12.9. The molecule has 0 aliphatic heterocycles. The van der Waals surface area contributed by atoms with Crippen LogP contribution in [0.25, 0.3) is 0 Å². The number of hydrogen-bond donors (Lipinski definition) is 2. The summed E-state index contributed by atoms with van der Waals surface area (Å²) >= 11 is 7.34. The lowest BCUT2D eigenvalue weighted by molar-refractivity contribution is -0.130. The second kappa shape index (κ2) is 5.38. The molecule has 5 heteroatoms. The summed E-state index contributed by atoms with van der Waals surface area (Å²) in [4.78, 5) is 13.2. The summed E-state index contributed by atoms with van der Waals surface area (Å²) in [5.74, 6) is 0.0991. The van der Waals surface area contributed by atoms with Gasteiger partial charge in [0.2, 0.25) is 5.91 Å². The zero-order chi connectivity index (χ0) is 12.3. The number of amides is 1. The summed E-state index contributed by atoms with van der Waals surface area (Å²) in [7, 11) is 0. The van der Waals surface area contributed by atoms with Crippen molar-refractivity contribution in [2.45, 2.75) is 32.2 Å². The number of nitrogens with two attached hydrogens (primary N) is 1. The molecule has 0 spiro atoms. The Balaban J connectivity index is 1.92. The van der Waals surface area contributed by atoms with Crippen LogP contribution >= 0.6 is 22.9 Å². The molecule has 0 radical (unpaired) electrons. The van der Waals surface area contributed by atoms with Crippen LogP contribution in [0.4, 0.5) is 0 Å². The van der Waals surface area contributed by atoms with E-state index in [1.807, 2.05) is 12.1 Å². The number of rotatable bonds is 4. The third kappa shape index (κ3) is 2.81. The van der Waals surface area contributed by atoms with E-state index in [0.717, 1.165) is 34.9 Å². The number of hydrogen-bond acceptors (Lipinski definition) is 3. The van der Waals surface area contributed by atoms with Crippen LogP contribution in [-0.4, -0.2) is 12.5 Å². The molecule has 1 amide bonds. The fourth-order valence-electron chi connectivity index (χ4n) is 2.38. The molecule has 94 valence electrons. The first-order valence-electron chi connectivity index (χ1n) is 5.89. The van der Waals surface area contributed by atoms with E-state index >= 15 is 0 Å². The number of carbonyl (C=O) groups is 1. The fourth-order valence-corrected chi connectivity index (χ4v) is 3.40. The lowest BCUT2D eigenvalue weighted by Crippen LogP contribution is -2.43. The van der Waals surface area contributed by atoms with E-state index in [2.05, 4.69) is 5.32 Å². The quantitative estimate of drug-likeness (QED) is 0.885. The summed E-state index contributed by atoms with van der Waals surface area (Å²) in [6.07, 6.45) is 4.05. The average Bonchev–Trinajstić information content (AvgIpc) is 2.95. The van der Waals surface area contributed by atoms with Crippen molar-refractivity contribution in [2.75, 3.05) is 6.54 Å². The van der Waals surface area contributed by atoms with Crippen LogP contribution in [-0.2, 0) is 11.3 Å². The minimum Gasteiger partial charge on any atom is -0.351 e. The monoisotopic (exact) mass is 272 g/mol. The molecule has 2 rings (SSSR count). The summed E-state index contributed by atoms with van der Waals surface area (Å²) in [6.45, 7) is 1.00. The molecule has 0 aromatic carbocycles. The lowest BCUT2D eigenvalue weighted by Gasteiger charge is -2.25. The van der Waals surface area contributed by atoms with Crippen molar-refractivity contribution in [3.63, 3.8) is 0 Å². The maximum absolute atomic E-state index is 12.2. The fraction of sp³-hybridized carbons (Fsp3) is 0.583. The Morgan fingerprint density at radius 3 is 2.71 bits per heavy atom. The average molecular weight is 273 g/mol. The van der Waals surface area contributed by atoms with Crippen LogP contribution in [0.5, 0.6) is 0 Å². The van der Waals surface area contributed by atoms with Gasteiger partial charge in [-0.05, 0) is 25.0 Å². The highest BCUT2D eigenvalue weighted by Crippen LogP contribution is 2.37. The SMILES string of the molecule is NCC1(C(=O)NCc2ccc(Cl)s2)CCCC1. The second-order valence-corrected chi connectivity index (χ2v) is 6.38. The predicted octanol–water partition coefficient (Wildman–Crippen LogP) is 2.54. The van der Waals surface area contributed by atoms with Crippen molar-refractivity contribution in [1.82, 2.24) is 5.32 Å².